The van der Waals surface area contributed by atoms with Gasteiger partial charge in [-0.05, 0) is 75.7 Å². The van der Waals surface area contributed by atoms with Crippen molar-refractivity contribution < 1.29 is 36.0 Å². The van der Waals surface area contributed by atoms with Gasteiger partial charge in [0.2, 0.25) is 0 Å². The molecule has 2 atom stereocenters. The highest BCUT2D eigenvalue weighted by atomic mass is 35.5. The molecule has 1 aliphatic rings. The minimum absolute atomic E-state index is 0.00356. The summed E-state index contributed by atoms with van der Waals surface area (Å²) >= 11 is 3.64. The van der Waals surface area contributed by atoms with E-state index >= 15 is 8.78 Å². The predicted octanol–water partition coefficient (Wildman–Crippen LogP) is 7.71. The van der Waals surface area contributed by atoms with Crippen LogP contribution in [-0.2, 0) is 30.5 Å². The number of aromatic nitrogens is 2. The molecular weight excluding hydrogens is 701 g/mol. The second-order valence-electron chi connectivity index (χ2n) is 12.3. The number of hydrogen-bond acceptors (Lipinski definition) is 8. The van der Waals surface area contributed by atoms with E-state index in [4.69, 9.17) is 21.1 Å². The number of hydrogen-bond donors (Lipinski definition) is 0. The highest BCUT2D eigenvalue weighted by molar-refractivity contribution is 7.92. The van der Waals surface area contributed by atoms with E-state index in [-0.39, 0.29) is 23.1 Å². The molecule has 2 heterocycles. The normalized spacial score (nSPS) is 17.2. The Morgan fingerprint density at radius 3 is 2.38 bits per heavy atom. The summed E-state index contributed by atoms with van der Waals surface area (Å²) in [5.41, 5.74) is -0.0477. The van der Waals surface area contributed by atoms with E-state index in [9.17, 15) is 17.7 Å². The van der Waals surface area contributed by atoms with E-state index in [2.05, 4.69) is 9.97 Å². The summed E-state index contributed by atoms with van der Waals surface area (Å²) < 4.78 is 98.4. The van der Waals surface area contributed by atoms with Crippen LogP contribution < -0.4 is 18.7 Å². The zero-order valence-corrected chi connectivity index (χ0v) is 29.5. The second-order valence-corrected chi connectivity index (χ2v) is 14.0. The first-order valence-corrected chi connectivity index (χ1v) is 17.2. The van der Waals surface area contributed by atoms with Gasteiger partial charge < -0.3 is 23.8 Å². The van der Waals surface area contributed by atoms with E-state index in [1.54, 1.807) is 18.2 Å². The molecule has 3 aromatic carbocycles. The van der Waals surface area contributed by atoms with Crippen molar-refractivity contribution in [3.05, 3.63) is 100 Å². The molecule has 0 spiro atoms. The molecule has 1 aromatic heterocycles. The highest BCUT2D eigenvalue weighted by Crippen LogP contribution is 2.38. The number of anilines is 2. The number of ether oxygens (including phenoxy) is 2. The first-order chi connectivity index (χ1) is 23.7. The van der Waals surface area contributed by atoms with Gasteiger partial charge in [0.05, 0.1) is 26.3 Å². The third-order valence-corrected chi connectivity index (χ3v) is 10.7. The fourth-order valence-electron chi connectivity index (χ4n) is 6.26. The lowest BCUT2D eigenvalue weighted by atomic mass is 9.82. The van der Waals surface area contributed by atoms with Crippen LogP contribution >= 0.6 is 11.6 Å². The zero-order chi connectivity index (χ0) is 36.2. The lowest BCUT2D eigenvalue weighted by Gasteiger charge is -2.48. The molecule has 8 nitrogen and oxygen atoms in total. The Hall–Kier alpha value is -3.85. The Balaban J connectivity index is 1.41. The molecule has 0 amide bonds. The summed E-state index contributed by atoms with van der Waals surface area (Å²) in [6.45, 7) is 0.779. The van der Waals surface area contributed by atoms with E-state index < -0.39 is 45.2 Å². The monoisotopic (exact) mass is 737 g/mol. The minimum atomic E-state index is -4.53. The van der Waals surface area contributed by atoms with E-state index in [1.165, 1.54) is 55.3 Å². The van der Waals surface area contributed by atoms with Crippen molar-refractivity contribution >= 4 is 34.5 Å². The van der Waals surface area contributed by atoms with E-state index in [0.717, 1.165) is 18.6 Å². The Kier molecular flexibility index (Phi) is 11.7. The molecule has 0 radical (unpaired) electrons. The summed E-state index contributed by atoms with van der Waals surface area (Å²) in [7, 11) is 6.74. The number of rotatable bonds is 12. The Morgan fingerprint density at radius 1 is 1.02 bits per heavy atom. The van der Waals surface area contributed by atoms with Crippen molar-refractivity contribution in [2.45, 2.75) is 48.8 Å². The van der Waals surface area contributed by atoms with Gasteiger partial charge in [0, 0.05) is 65.4 Å². The van der Waals surface area contributed by atoms with Crippen LogP contribution in [0.5, 0.6) is 11.5 Å². The van der Waals surface area contributed by atoms with Crippen LogP contribution in [0.25, 0.3) is 0 Å². The highest BCUT2D eigenvalue weighted by Gasteiger charge is 2.39. The minimum Gasteiger partial charge on any atom is -0.588 e. The van der Waals surface area contributed by atoms with Gasteiger partial charge in [-0.2, -0.15) is 17.5 Å². The fraction of sp³-hybridized carbons (Fsp3) is 0.371. The molecule has 0 saturated carbocycles. The van der Waals surface area contributed by atoms with Gasteiger partial charge in [-0.3, -0.25) is 0 Å². The molecule has 0 N–H and O–H groups in total. The molecule has 1 saturated heterocycles. The van der Waals surface area contributed by atoms with Crippen LogP contribution in [0, 0.1) is 11.6 Å². The van der Waals surface area contributed by atoms with Gasteiger partial charge in [0.15, 0.2) is 17.5 Å². The SMILES string of the molecule is COc1ccc(CN(c2ccncn2)[S+]([O-])c2c(F)cc(N3CCCC(CCc4cc(Cl)cc(C(F)(F)F)c4)(N(C)C)C3)cc2F)c(OC)c1. The van der Waals surface area contributed by atoms with Gasteiger partial charge in [-0.25, -0.2) is 18.7 Å². The molecule has 15 heteroatoms. The van der Waals surface area contributed by atoms with Gasteiger partial charge in [-0.1, -0.05) is 11.6 Å². The number of nitrogens with zero attached hydrogens (tertiary/aromatic N) is 5. The van der Waals surface area contributed by atoms with Crippen molar-refractivity contribution in [1.82, 2.24) is 14.9 Å². The Morgan fingerprint density at radius 2 is 1.76 bits per heavy atom. The molecule has 1 fully saturated rings. The number of methoxy groups -OCH3 is 2. The standard InChI is InChI=1S/C35H37ClF5N5O3S/c1-44(2)34(11-8-23-14-25(35(39,40)41)16-26(36)15-23)10-5-13-45(21-34)27-17-29(37)33(30(38)18-27)50(47)46(32-9-12-42-22-43-32)20-24-6-7-28(48-3)19-31(24)49-4/h6-7,9,12,14-19,22H,5,8,10-11,13,20-21H2,1-4H3. The van der Waals surface area contributed by atoms with Crippen LogP contribution in [0.3, 0.4) is 0 Å². The summed E-state index contributed by atoms with van der Waals surface area (Å²) in [5.74, 6) is -0.878. The number of benzene rings is 3. The van der Waals surface area contributed by atoms with Crippen molar-refractivity contribution in [2.75, 3.05) is 50.6 Å². The smallest absolute Gasteiger partial charge is 0.416 e. The lowest BCUT2D eigenvalue weighted by molar-refractivity contribution is -0.137. The molecule has 0 bridgehead atoms. The zero-order valence-electron chi connectivity index (χ0n) is 27.9. The first kappa shape index (κ1) is 37.4. The van der Waals surface area contributed by atoms with Crippen LogP contribution in [0.2, 0.25) is 5.02 Å². The summed E-state index contributed by atoms with van der Waals surface area (Å²) in [6.07, 6.45) is 0.331. The van der Waals surface area contributed by atoms with E-state index in [0.29, 0.717) is 55.0 Å². The average Bonchev–Trinajstić information content (AvgIpc) is 3.09. The molecule has 4 aromatic rings. The summed E-state index contributed by atoms with van der Waals surface area (Å²) in [4.78, 5) is 11.3. The predicted molar refractivity (Wildman–Crippen MR) is 183 cm³/mol. The van der Waals surface area contributed by atoms with Gasteiger partial charge in [0.25, 0.3) is 4.90 Å². The average molecular weight is 738 g/mol. The maximum atomic E-state index is 16.0. The van der Waals surface area contributed by atoms with Crippen molar-refractivity contribution in [3.8, 4) is 11.5 Å². The maximum absolute atomic E-state index is 16.0. The molecular formula is C35H37ClF5N5O3S. The summed E-state index contributed by atoms with van der Waals surface area (Å²) in [6, 6.07) is 12.4. The molecule has 0 aliphatic carbocycles. The molecule has 5 rings (SSSR count). The third-order valence-electron chi connectivity index (χ3n) is 9.02. The van der Waals surface area contributed by atoms with Gasteiger partial charge in [0.1, 0.15) is 29.2 Å². The number of halogens is 6. The number of alkyl halides is 3. The third kappa shape index (κ3) is 8.36. The lowest BCUT2D eigenvalue weighted by Crippen LogP contribution is -2.56. The topological polar surface area (TPSA) is 77.0 Å². The van der Waals surface area contributed by atoms with E-state index in [1.807, 2.05) is 23.9 Å². The number of aryl methyl sites for hydroxylation is 1. The molecule has 50 heavy (non-hydrogen) atoms. The second kappa shape index (κ2) is 15.6. The van der Waals surface area contributed by atoms with Crippen molar-refractivity contribution in [3.63, 3.8) is 0 Å². The first-order valence-electron chi connectivity index (χ1n) is 15.7. The van der Waals surface area contributed by atoms with Crippen LogP contribution in [0.15, 0.2) is 72.0 Å². The van der Waals surface area contributed by atoms with Gasteiger partial charge in [-0.15, -0.1) is 0 Å². The number of likely N-dealkylation sites (N-methyl/N-ethyl adjacent to an activating group) is 1. The van der Waals surface area contributed by atoms with Crippen molar-refractivity contribution in [1.29, 1.82) is 0 Å². The molecule has 2 unspecified atom stereocenters. The van der Waals surface area contributed by atoms with Crippen LogP contribution in [0.1, 0.15) is 36.0 Å². The maximum Gasteiger partial charge on any atom is 0.416 e. The Labute approximate surface area is 296 Å². The van der Waals surface area contributed by atoms with Gasteiger partial charge >= 0.3 is 6.18 Å². The number of piperidine rings is 1. The Bertz CT molecular complexity index is 1760. The van der Waals surface area contributed by atoms with Crippen LogP contribution in [-0.4, -0.2) is 66.4 Å². The molecule has 1 aliphatic heterocycles. The van der Waals surface area contributed by atoms with Crippen LogP contribution in [0.4, 0.5) is 33.5 Å². The quantitative estimate of drug-likeness (QED) is 0.108. The largest absolute Gasteiger partial charge is 0.588 e. The summed E-state index contributed by atoms with van der Waals surface area (Å²) in [5, 5.41) is 0.00356. The fourth-order valence-corrected chi connectivity index (χ4v) is 7.72. The molecule has 268 valence electrons. The van der Waals surface area contributed by atoms with Crippen molar-refractivity contribution in [2.24, 2.45) is 0 Å².